The molecule has 0 unspecified atom stereocenters. The van der Waals surface area contributed by atoms with E-state index >= 15 is 0 Å². The smallest absolute Gasteiger partial charge is 0.337 e. The quantitative estimate of drug-likeness (QED) is 0.765. The number of halogens is 2. The molecule has 2 rings (SSSR count). The van der Waals surface area contributed by atoms with Gasteiger partial charge in [0.2, 0.25) is 0 Å². The molecule has 0 saturated heterocycles. The van der Waals surface area contributed by atoms with E-state index in [0.717, 1.165) is 9.79 Å². The summed E-state index contributed by atoms with van der Waals surface area (Å²) in [7, 11) is 0. The first-order valence-electron chi connectivity index (χ1n) is 5.02. The monoisotopic (exact) mass is 390 g/mol. The predicted octanol–water partition coefficient (Wildman–Crippen LogP) is 4.79. The molecule has 0 bridgehead atoms. The molecule has 0 spiro atoms. The normalized spacial score (nSPS) is 10.3. The standard InChI is InChI=1S/C13H8ClIO2S/c14-12-6-5-10(7-11(12)13(16)17)18-9-3-1-8(15)2-4-9/h1-7H,(H,16,17). The minimum Gasteiger partial charge on any atom is -0.478 e. The lowest BCUT2D eigenvalue weighted by Crippen LogP contribution is -1.97. The van der Waals surface area contributed by atoms with E-state index < -0.39 is 5.97 Å². The van der Waals surface area contributed by atoms with Gasteiger partial charge in [0.1, 0.15) is 0 Å². The topological polar surface area (TPSA) is 37.3 Å². The van der Waals surface area contributed by atoms with E-state index in [0.29, 0.717) is 0 Å². The summed E-state index contributed by atoms with van der Waals surface area (Å²) in [5.74, 6) is -1.01. The Labute approximate surface area is 127 Å². The van der Waals surface area contributed by atoms with Gasteiger partial charge < -0.3 is 5.11 Å². The van der Waals surface area contributed by atoms with Gasteiger partial charge in [-0.3, -0.25) is 0 Å². The Morgan fingerprint density at radius 3 is 2.33 bits per heavy atom. The van der Waals surface area contributed by atoms with Crippen LogP contribution >= 0.6 is 46.0 Å². The Morgan fingerprint density at radius 1 is 1.11 bits per heavy atom. The fourth-order valence-corrected chi connectivity index (χ4v) is 2.79. The lowest BCUT2D eigenvalue weighted by Gasteiger charge is -2.04. The molecule has 0 aliphatic carbocycles. The average molecular weight is 391 g/mol. The molecule has 0 amide bonds. The summed E-state index contributed by atoms with van der Waals surface area (Å²) in [6.45, 7) is 0. The summed E-state index contributed by atoms with van der Waals surface area (Å²) in [5.41, 5.74) is 0.132. The van der Waals surface area contributed by atoms with Crippen molar-refractivity contribution in [2.24, 2.45) is 0 Å². The van der Waals surface area contributed by atoms with Crippen LogP contribution in [0, 0.1) is 3.57 Å². The van der Waals surface area contributed by atoms with Gasteiger partial charge >= 0.3 is 5.97 Å². The molecule has 0 heterocycles. The van der Waals surface area contributed by atoms with E-state index in [-0.39, 0.29) is 10.6 Å². The molecule has 0 saturated carbocycles. The zero-order chi connectivity index (χ0) is 13.1. The van der Waals surface area contributed by atoms with Gasteiger partial charge in [-0.2, -0.15) is 0 Å². The third-order valence-electron chi connectivity index (χ3n) is 2.22. The number of benzene rings is 2. The van der Waals surface area contributed by atoms with Crippen LogP contribution in [0.2, 0.25) is 5.02 Å². The lowest BCUT2D eigenvalue weighted by molar-refractivity contribution is 0.0697. The third kappa shape index (κ3) is 3.40. The highest BCUT2D eigenvalue weighted by Crippen LogP contribution is 2.30. The van der Waals surface area contributed by atoms with Crippen molar-refractivity contribution in [3.63, 3.8) is 0 Å². The second-order valence-electron chi connectivity index (χ2n) is 3.50. The molecule has 2 aromatic rings. The van der Waals surface area contributed by atoms with Crippen molar-refractivity contribution in [1.82, 2.24) is 0 Å². The van der Waals surface area contributed by atoms with Crippen molar-refractivity contribution in [3.8, 4) is 0 Å². The number of carbonyl (C=O) groups is 1. The van der Waals surface area contributed by atoms with Gasteiger partial charge in [-0.25, -0.2) is 4.79 Å². The second kappa shape index (κ2) is 5.95. The Bertz CT molecular complexity index is 584. The van der Waals surface area contributed by atoms with E-state index in [2.05, 4.69) is 22.6 Å². The van der Waals surface area contributed by atoms with Crippen molar-refractivity contribution >= 4 is 51.9 Å². The molecule has 0 aliphatic heterocycles. The van der Waals surface area contributed by atoms with E-state index in [1.165, 1.54) is 15.3 Å². The average Bonchev–Trinajstić information content (AvgIpc) is 2.34. The fraction of sp³-hybridized carbons (Fsp3) is 0. The van der Waals surface area contributed by atoms with Crippen LogP contribution in [-0.4, -0.2) is 11.1 Å². The first kappa shape index (κ1) is 13.7. The Balaban J connectivity index is 2.27. The molecular formula is C13H8ClIO2S. The lowest BCUT2D eigenvalue weighted by atomic mass is 10.2. The molecule has 2 nitrogen and oxygen atoms in total. The van der Waals surface area contributed by atoms with E-state index in [1.54, 1.807) is 12.1 Å². The fourth-order valence-electron chi connectivity index (χ4n) is 1.37. The van der Waals surface area contributed by atoms with Crippen molar-refractivity contribution in [3.05, 3.63) is 56.6 Å². The predicted molar refractivity (Wildman–Crippen MR) is 81.7 cm³/mol. The SMILES string of the molecule is O=C(O)c1cc(Sc2ccc(I)cc2)ccc1Cl. The molecule has 0 fully saturated rings. The Hall–Kier alpha value is -0.720. The van der Waals surface area contributed by atoms with Crippen LogP contribution in [0.5, 0.6) is 0 Å². The minimum absolute atomic E-state index is 0.132. The van der Waals surface area contributed by atoms with Gasteiger partial charge in [0.05, 0.1) is 10.6 Å². The third-order valence-corrected chi connectivity index (χ3v) is 4.26. The van der Waals surface area contributed by atoms with Crippen molar-refractivity contribution in [2.45, 2.75) is 9.79 Å². The van der Waals surface area contributed by atoms with Gasteiger partial charge in [0.15, 0.2) is 0 Å². The first-order chi connectivity index (χ1) is 8.56. The van der Waals surface area contributed by atoms with Crippen LogP contribution < -0.4 is 0 Å². The van der Waals surface area contributed by atoms with Crippen LogP contribution in [0.3, 0.4) is 0 Å². The summed E-state index contributed by atoms with van der Waals surface area (Å²) in [6.07, 6.45) is 0. The maximum absolute atomic E-state index is 11.0. The zero-order valence-corrected chi connectivity index (χ0v) is 12.8. The molecule has 1 N–H and O–H groups in total. The summed E-state index contributed by atoms with van der Waals surface area (Å²) in [4.78, 5) is 12.9. The highest BCUT2D eigenvalue weighted by Gasteiger charge is 2.09. The van der Waals surface area contributed by atoms with Gasteiger partial charge in [-0.1, -0.05) is 23.4 Å². The first-order valence-corrected chi connectivity index (χ1v) is 7.30. The number of aromatic carboxylic acids is 1. The summed E-state index contributed by atoms with van der Waals surface area (Å²) in [6, 6.07) is 13.0. The van der Waals surface area contributed by atoms with Gasteiger partial charge in [-0.15, -0.1) is 0 Å². The van der Waals surface area contributed by atoms with E-state index in [1.807, 2.05) is 30.3 Å². The number of rotatable bonds is 3. The summed E-state index contributed by atoms with van der Waals surface area (Å²) in [5, 5.41) is 9.26. The largest absolute Gasteiger partial charge is 0.478 e. The van der Waals surface area contributed by atoms with E-state index in [4.69, 9.17) is 16.7 Å². The molecule has 0 aliphatic rings. The van der Waals surface area contributed by atoms with Crippen LogP contribution in [-0.2, 0) is 0 Å². The molecular weight excluding hydrogens is 383 g/mol. The minimum atomic E-state index is -1.01. The number of carboxylic acids is 1. The second-order valence-corrected chi connectivity index (χ2v) is 6.30. The summed E-state index contributed by atoms with van der Waals surface area (Å²) >= 11 is 9.58. The maximum Gasteiger partial charge on any atom is 0.337 e. The van der Waals surface area contributed by atoms with E-state index in [9.17, 15) is 4.79 Å². The van der Waals surface area contributed by atoms with Crippen molar-refractivity contribution < 1.29 is 9.90 Å². The molecule has 2 aromatic carbocycles. The molecule has 92 valence electrons. The Kier molecular flexibility index (Phi) is 4.53. The van der Waals surface area contributed by atoms with Crippen molar-refractivity contribution in [1.29, 1.82) is 0 Å². The van der Waals surface area contributed by atoms with Gasteiger partial charge in [-0.05, 0) is 65.1 Å². The highest BCUT2D eigenvalue weighted by atomic mass is 127. The number of hydrogen-bond acceptors (Lipinski definition) is 2. The van der Waals surface area contributed by atoms with Crippen LogP contribution in [0.1, 0.15) is 10.4 Å². The summed E-state index contributed by atoms with van der Waals surface area (Å²) < 4.78 is 1.17. The molecule has 0 atom stereocenters. The molecule has 0 aromatic heterocycles. The van der Waals surface area contributed by atoms with Gasteiger partial charge in [0.25, 0.3) is 0 Å². The molecule has 18 heavy (non-hydrogen) atoms. The van der Waals surface area contributed by atoms with Gasteiger partial charge in [0, 0.05) is 13.4 Å². The molecule has 0 radical (unpaired) electrons. The number of carboxylic acid groups (broad SMARTS) is 1. The van der Waals surface area contributed by atoms with Crippen molar-refractivity contribution in [2.75, 3.05) is 0 Å². The number of hydrogen-bond donors (Lipinski definition) is 1. The van der Waals surface area contributed by atoms with Crippen LogP contribution in [0.15, 0.2) is 52.3 Å². The highest BCUT2D eigenvalue weighted by molar-refractivity contribution is 14.1. The molecule has 5 heteroatoms. The Morgan fingerprint density at radius 2 is 1.72 bits per heavy atom. The van der Waals surface area contributed by atoms with Crippen LogP contribution in [0.25, 0.3) is 0 Å². The zero-order valence-electron chi connectivity index (χ0n) is 9.06. The van der Waals surface area contributed by atoms with Crippen LogP contribution in [0.4, 0.5) is 0 Å². The maximum atomic E-state index is 11.0.